The van der Waals surface area contributed by atoms with Gasteiger partial charge in [-0.2, -0.15) is 0 Å². The van der Waals surface area contributed by atoms with Crippen molar-refractivity contribution in [2.75, 3.05) is 5.32 Å². The number of anilines is 1. The summed E-state index contributed by atoms with van der Waals surface area (Å²) in [7, 11) is 0. The second kappa shape index (κ2) is 7.64. The normalized spacial score (nSPS) is 10.7. The molecule has 27 heavy (non-hydrogen) atoms. The molecule has 0 spiro atoms. The van der Waals surface area contributed by atoms with Crippen molar-refractivity contribution in [3.63, 3.8) is 0 Å². The Balaban J connectivity index is 1.60. The molecule has 0 saturated carbocycles. The van der Waals surface area contributed by atoms with Gasteiger partial charge in [0.2, 0.25) is 11.8 Å². The maximum Gasteiger partial charge on any atom is 0.249 e. The molecule has 0 unspecified atom stereocenters. The van der Waals surface area contributed by atoms with Gasteiger partial charge in [-0.1, -0.05) is 59.6 Å². The van der Waals surface area contributed by atoms with Gasteiger partial charge in [0.1, 0.15) is 0 Å². The molecule has 4 aromatic rings. The lowest BCUT2D eigenvalue weighted by molar-refractivity contribution is 0.584. The first-order chi connectivity index (χ1) is 13.2. The number of rotatable bonds is 5. The highest BCUT2D eigenvalue weighted by Crippen LogP contribution is 2.30. The van der Waals surface area contributed by atoms with Gasteiger partial charge in [0.05, 0.1) is 10.6 Å². The van der Waals surface area contributed by atoms with Crippen molar-refractivity contribution in [2.24, 2.45) is 0 Å². The Morgan fingerprint density at radius 2 is 1.44 bits per heavy atom. The van der Waals surface area contributed by atoms with Crippen LogP contribution in [0.25, 0.3) is 22.9 Å². The summed E-state index contributed by atoms with van der Waals surface area (Å²) in [5, 5.41) is 12.4. The summed E-state index contributed by atoms with van der Waals surface area (Å²) < 4.78 is 5.91. The topological polar surface area (TPSA) is 51.0 Å². The molecular formula is C22H18ClN3O. The highest BCUT2D eigenvalue weighted by molar-refractivity contribution is 6.33. The maximum absolute atomic E-state index is 6.24. The van der Waals surface area contributed by atoms with Gasteiger partial charge in [-0.05, 0) is 42.8 Å². The average molecular weight is 376 g/mol. The second-order valence-electron chi connectivity index (χ2n) is 6.27. The number of aromatic nitrogens is 2. The first-order valence-electron chi connectivity index (χ1n) is 8.68. The first kappa shape index (κ1) is 17.3. The summed E-state index contributed by atoms with van der Waals surface area (Å²) in [6.07, 6.45) is 0. The Kier molecular flexibility index (Phi) is 4.90. The third-order valence-corrected chi connectivity index (χ3v) is 4.64. The van der Waals surface area contributed by atoms with Crippen molar-refractivity contribution in [2.45, 2.75) is 13.5 Å². The average Bonchev–Trinajstić information content (AvgIpc) is 3.18. The van der Waals surface area contributed by atoms with Crippen LogP contribution in [0.15, 0.2) is 77.2 Å². The molecule has 0 aliphatic carbocycles. The van der Waals surface area contributed by atoms with Crippen LogP contribution in [-0.4, -0.2) is 10.2 Å². The predicted octanol–water partition coefficient (Wildman–Crippen LogP) is 5.98. The number of nitrogens with one attached hydrogen (secondary N) is 1. The summed E-state index contributed by atoms with van der Waals surface area (Å²) in [5.41, 5.74) is 5.01. The molecule has 3 aromatic carbocycles. The van der Waals surface area contributed by atoms with E-state index in [4.69, 9.17) is 16.0 Å². The number of halogens is 1. The van der Waals surface area contributed by atoms with E-state index in [0.717, 1.165) is 22.4 Å². The van der Waals surface area contributed by atoms with Gasteiger partial charge in [-0.3, -0.25) is 0 Å². The van der Waals surface area contributed by atoms with Gasteiger partial charge in [0, 0.05) is 17.8 Å². The molecular weight excluding hydrogens is 358 g/mol. The molecule has 134 valence electrons. The summed E-state index contributed by atoms with van der Waals surface area (Å²) in [6, 6.07) is 23.7. The Morgan fingerprint density at radius 1 is 0.815 bits per heavy atom. The minimum absolute atomic E-state index is 0.414. The predicted molar refractivity (Wildman–Crippen MR) is 109 cm³/mol. The third kappa shape index (κ3) is 3.86. The monoisotopic (exact) mass is 375 g/mol. The van der Waals surface area contributed by atoms with E-state index in [0.29, 0.717) is 23.3 Å². The van der Waals surface area contributed by atoms with Crippen LogP contribution >= 0.6 is 11.6 Å². The van der Waals surface area contributed by atoms with E-state index in [-0.39, 0.29) is 0 Å². The van der Waals surface area contributed by atoms with Crippen molar-refractivity contribution in [3.05, 3.63) is 88.9 Å². The molecule has 0 amide bonds. The summed E-state index contributed by atoms with van der Waals surface area (Å²) in [6.45, 7) is 2.73. The second-order valence-corrected chi connectivity index (χ2v) is 6.68. The third-order valence-electron chi connectivity index (χ3n) is 4.31. The van der Waals surface area contributed by atoms with Crippen LogP contribution in [-0.2, 0) is 6.54 Å². The number of aryl methyl sites for hydroxylation is 1. The van der Waals surface area contributed by atoms with E-state index in [1.54, 1.807) is 6.07 Å². The Labute approximate surface area is 162 Å². The fraction of sp³-hybridized carbons (Fsp3) is 0.0909. The number of hydrogen-bond acceptors (Lipinski definition) is 4. The summed E-state index contributed by atoms with van der Waals surface area (Å²) in [5.74, 6) is 0.892. The molecule has 4 nitrogen and oxygen atoms in total. The molecule has 1 aromatic heterocycles. The van der Waals surface area contributed by atoms with Crippen LogP contribution in [0.1, 0.15) is 11.1 Å². The molecule has 0 aliphatic heterocycles. The fourth-order valence-electron chi connectivity index (χ4n) is 2.83. The van der Waals surface area contributed by atoms with Crippen LogP contribution in [0.2, 0.25) is 5.02 Å². The van der Waals surface area contributed by atoms with Crippen LogP contribution in [0.4, 0.5) is 5.69 Å². The highest BCUT2D eigenvalue weighted by atomic mass is 35.5. The van der Waals surface area contributed by atoms with Gasteiger partial charge in [-0.15, -0.1) is 10.2 Å². The van der Waals surface area contributed by atoms with Crippen LogP contribution in [0.5, 0.6) is 0 Å². The summed E-state index contributed by atoms with van der Waals surface area (Å²) >= 11 is 6.24. The molecule has 0 atom stereocenters. The minimum Gasteiger partial charge on any atom is -0.416 e. The molecule has 0 bridgehead atoms. The van der Waals surface area contributed by atoms with E-state index < -0.39 is 0 Å². The zero-order valence-corrected chi connectivity index (χ0v) is 15.6. The molecule has 1 heterocycles. The van der Waals surface area contributed by atoms with Crippen LogP contribution in [0.3, 0.4) is 0 Å². The van der Waals surface area contributed by atoms with Crippen molar-refractivity contribution in [1.82, 2.24) is 10.2 Å². The van der Waals surface area contributed by atoms with Crippen LogP contribution < -0.4 is 5.32 Å². The molecule has 4 rings (SSSR count). The molecule has 0 aliphatic rings. The molecule has 0 radical (unpaired) electrons. The van der Waals surface area contributed by atoms with Crippen molar-refractivity contribution in [3.8, 4) is 22.9 Å². The fourth-order valence-corrected chi connectivity index (χ4v) is 3.04. The lowest BCUT2D eigenvalue weighted by Crippen LogP contribution is -2.01. The number of hydrogen-bond donors (Lipinski definition) is 1. The largest absolute Gasteiger partial charge is 0.416 e. The van der Waals surface area contributed by atoms with Crippen molar-refractivity contribution >= 4 is 17.3 Å². The lowest BCUT2D eigenvalue weighted by atomic mass is 10.1. The van der Waals surface area contributed by atoms with Gasteiger partial charge in [0.15, 0.2) is 0 Å². The minimum atomic E-state index is 0.414. The molecule has 0 fully saturated rings. The van der Waals surface area contributed by atoms with E-state index in [1.165, 1.54) is 5.56 Å². The van der Waals surface area contributed by atoms with E-state index >= 15 is 0 Å². The Bertz CT molecular complexity index is 1060. The molecule has 5 heteroatoms. The van der Waals surface area contributed by atoms with Gasteiger partial charge < -0.3 is 9.73 Å². The van der Waals surface area contributed by atoms with E-state index in [1.807, 2.05) is 36.4 Å². The Hall–Kier alpha value is -3.11. The van der Waals surface area contributed by atoms with E-state index in [9.17, 15) is 0 Å². The zero-order chi connectivity index (χ0) is 18.6. The van der Waals surface area contributed by atoms with Gasteiger partial charge in [0.25, 0.3) is 0 Å². The van der Waals surface area contributed by atoms with E-state index in [2.05, 4.69) is 52.8 Å². The maximum atomic E-state index is 6.24. The standard InChI is InChI=1S/C22H18ClN3O/c1-15-10-12-17(13-11-15)24-14-16-6-2-3-7-18(16)21-25-26-22(27-21)19-8-4-5-9-20(19)23/h2-13,24H,14H2,1H3. The van der Waals surface area contributed by atoms with Crippen LogP contribution in [0, 0.1) is 6.92 Å². The van der Waals surface area contributed by atoms with Crippen molar-refractivity contribution in [1.29, 1.82) is 0 Å². The summed E-state index contributed by atoms with van der Waals surface area (Å²) in [4.78, 5) is 0. The first-order valence-corrected chi connectivity index (χ1v) is 9.06. The zero-order valence-electron chi connectivity index (χ0n) is 14.8. The smallest absolute Gasteiger partial charge is 0.249 e. The molecule has 1 N–H and O–H groups in total. The molecule has 0 saturated heterocycles. The van der Waals surface area contributed by atoms with Gasteiger partial charge >= 0.3 is 0 Å². The Morgan fingerprint density at radius 3 is 2.19 bits per heavy atom. The van der Waals surface area contributed by atoms with Gasteiger partial charge in [-0.25, -0.2) is 0 Å². The van der Waals surface area contributed by atoms with Crippen molar-refractivity contribution < 1.29 is 4.42 Å². The number of nitrogens with zero attached hydrogens (tertiary/aromatic N) is 2. The highest BCUT2D eigenvalue weighted by Gasteiger charge is 2.15. The SMILES string of the molecule is Cc1ccc(NCc2ccccc2-c2nnc(-c3ccccc3Cl)o2)cc1. The lowest BCUT2D eigenvalue weighted by Gasteiger charge is -2.09. The quantitative estimate of drug-likeness (QED) is 0.466. The number of benzene rings is 3.